The van der Waals surface area contributed by atoms with Crippen molar-refractivity contribution in [1.29, 1.82) is 0 Å². The molecule has 1 aromatic heterocycles. The predicted molar refractivity (Wildman–Crippen MR) is 161 cm³/mol. The van der Waals surface area contributed by atoms with Crippen LogP contribution in [-0.2, 0) is 13.0 Å². The second kappa shape index (κ2) is 11.7. The van der Waals surface area contributed by atoms with Crippen molar-refractivity contribution in [2.45, 2.75) is 33.3 Å². The van der Waals surface area contributed by atoms with Crippen LogP contribution in [0.25, 0.3) is 28.1 Å². The van der Waals surface area contributed by atoms with E-state index in [0.717, 1.165) is 51.3 Å². The summed E-state index contributed by atoms with van der Waals surface area (Å²) in [4.78, 5) is 11.6. The Hall–Kier alpha value is -4.09. The Balaban J connectivity index is 1.51. The zero-order valence-electron chi connectivity index (χ0n) is 22.0. The molecule has 5 heteroatoms. The number of nitrogens with zero attached hydrogens (tertiary/aromatic N) is 1. The Labute approximate surface area is 237 Å². The first-order valence-corrected chi connectivity index (χ1v) is 13.9. The highest BCUT2D eigenvalue weighted by Crippen LogP contribution is 2.38. The minimum Gasteiger partial charge on any atom is -0.488 e. The second-order valence-electron chi connectivity index (χ2n) is 9.59. The molecule has 0 bridgehead atoms. The van der Waals surface area contributed by atoms with Gasteiger partial charge in [-0.1, -0.05) is 89.9 Å². The summed E-state index contributed by atoms with van der Waals surface area (Å²) in [5, 5.41) is 9.55. The third kappa shape index (κ3) is 5.84. The molecule has 0 amide bonds. The van der Waals surface area contributed by atoms with Gasteiger partial charge < -0.3 is 14.4 Å². The molecule has 0 aliphatic heterocycles. The van der Waals surface area contributed by atoms with E-state index < -0.39 is 5.97 Å². The van der Waals surface area contributed by atoms with E-state index in [1.165, 1.54) is 16.7 Å². The molecule has 0 saturated heterocycles. The van der Waals surface area contributed by atoms with Crippen LogP contribution < -0.4 is 4.74 Å². The molecule has 4 aromatic carbocycles. The number of benzene rings is 4. The minimum absolute atomic E-state index is 0.251. The fourth-order valence-corrected chi connectivity index (χ4v) is 5.37. The van der Waals surface area contributed by atoms with Crippen LogP contribution in [0.4, 0.5) is 0 Å². The van der Waals surface area contributed by atoms with E-state index in [1.54, 1.807) is 18.2 Å². The third-order valence-electron chi connectivity index (χ3n) is 6.83. The zero-order chi connectivity index (χ0) is 27.4. The predicted octanol–water partition coefficient (Wildman–Crippen LogP) is 9.11. The third-order valence-corrected chi connectivity index (χ3v) is 7.56. The molecule has 0 aliphatic carbocycles. The first kappa shape index (κ1) is 26.5. The summed E-state index contributed by atoms with van der Waals surface area (Å²) in [7, 11) is 0. The van der Waals surface area contributed by atoms with Gasteiger partial charge in [0.2, 0.25) is 0 Å². The van der Waals surface area contributed by atoms with Crippen LogP contribution in [0.1, 0.15) is 40.5 Å². The Morgan fingerprint density at radius 3 is 2.33 bits per heavy atom. The van der Waals surface area contributed by atoms with Gasteiger partial charge in [-0.05, 0) is 78.1 Å². The van der Waals surface area contributed by atoms with Gasteiger partial charge in [-0.3, -0.25) is 0 Å². The largest absolute Gasteiger partial charge is 0.488 e. The molecule has 4 nitrogen and oxygen atoms in total. The Morgan fingerprint density at radius 2 is 1.62 bits per heavy atom. The van der Waals surface area contributed by atoms with Crippen molar-refractivity contribution in [2.75, 3.05) is 0 Å². The topological polar surface area (TPSA) is 51.5 Å². The first-order valence-electron chi connectivity index (χ1n) is 13.1. The molecule has 5 rings (SSSR count). The average molecular weight is 581 g/mol. The maximum Gasteiger partial charge on any atom is 0.335 e. The van der Waals surface area contributed by atoms with Crippen molar-refractivity contribution < 1.29 is 14.6 Å². The van der Waals surface area contributed by atoms with Crippen molar-refractivity contribution in [3.8, 4) is 33.8 Å². The van der Waals surface area contributed by atoms with Gasteiger partial charge in [-0.25, -0.2) is 4.79 Å². The summed E-state index contributed by atoms with van der Waals surface area (Å²) in [6, 6.07) is 34.2. The molecule has 196 valence electrons. The number of hydrogen-bond donors (Lipinski definition) is 1. The van der Waals surface area contributed by atoms with Crippen molar-refractivity contribution in [3.63, 3.8) is 0 Å². The summed E-state index contributed by atoms with van der Waals surface area (Å²) < 4.78 is 9.61. The summed E-state index contributed by atoms with van der Waals surface area (Å²) in [5.41, 5.74) is 8.57. The number of halogens is 1. The van der Waals surface area contributed by atoms with Gasteiger partial charge in [-0.2, -0.15) is 0 Å². The normalized spacial score (nSPS) is 10.9. The molecule has 0 atom stereocenters. The Morgan fingerprint density at radius 1 is 0.872 bits per heavy atom. The van der Waals surface area contributed by atoms with Crippen LogP contribution in [0.3, 0.4) is 0 Å². The van der Waals surface area contributed by atoms with Gasteiger partial charge in [0, 0.05) is 21.4 Å². The fourth-order valence-electron chi connectivity index (χ4n) is 4.83. The smallest absolute Gasteiger partial charge is 0.335 e. The Bertz CT molecular complexity index is 1600. The van der Waals surface area contributed by atoms with Gasteiger partial charge in [0.1, 0.15) is 12.4 Å². The van der Waals surface area contributed by atoms with E-state index in [0.29, 0.717) is 6.61 Å². The lowest BCUT2D eigenvalue weighted by Gasteiger charge is -2.18. The van der Waals surface area contributed by atoms with E-state index in [4.69, 9.17) is 4.74 Å². The molecule has 1 heterocycles. The molecule has 0 radical (unpaired) electrons. The van der Waals surface area contributed by atoms with Crippen LogP contribution in [-0.4, -0.2) is 15.6 Å². The summed E-state index contributed by atoms with van der Waals surface area (Å²) in [6.45, 7) is 4.62. The minimum atomic E-state index is -0.947. The van der Waals surface area contributed by atoms with E-state index in [2.05, 4.69) is 82.0 Å². The van der Waals surface area contributed by atoms with Crippen LogP contribution in [0.5, 0.6) is 5.75 Å². The van der Waals surface area contributed by atoms with Crippen LogP contribution in [0.15, 0.2) is 108 Å². The summed E-state index contributed by atoms with van der Waals surface area (Å²) >= 11 is 3.78. The van der Waals surface area contributed by atoms with Crippen molar-refractivity contribution in [3.05, 3.63) is 130 Å². The monoisotopic (exact) mass is 579 g/mol. The van der Waals surface area contributed by atoms with E-state index in [9.17, 15) is 9.90 Å². The number of carbonyl (C=O) groups is 1. The second-order valence-corrected chi connectivity index (χ2v) is 10.4. The standard InChI is InChI=1S/C34H30BrNO3/c1-3-8-27-20-33(39-22-24-14-16-26(17-15-24)25-9-5-4-6-10-25)30(21-31(27)35)32-18-13-23(2)36(32)29-12-7-11-28(19-29)34(37)38/h4-7,9-21H,3,8,22H2,1-2H3,(H,37,38). The lowest BCUT2D eigenvalue weighted by atomic mass is 10.0. The molecule has 1 N–H and O–H groups in total. The molecule has 0 saturated carbocycles. The molecule has 0 aliphatic rings. The number of carboxylic acid groups (broad SMARTS) is 1. The molecule has 5 aromatic rings. The molecular formula is C34H30BrNO3. The van der Waals surface area contributed by atoms with Gasteiger partial charge in [0.05, 0.1) is 11.3 Å². The molecular weight excluding hydrogens is 550 g/mol. The fraction of sp³-hybridized carbons (Fsp3) is 0.147. The highest BCUT2D eigenvalue weighted by atomic mass is 79.9. The number of aromatic nitrogens is 1. The van der Waals surface area contributed by atoms with Crippen molar-refractivity contribution in [1.82, 2.24) is 4.57 Å². The van der Waals surface area contributed by atoms with E-state index >= 15 is 0 Å². The molecule has 0 spiro atoms. The lowest BCUT2D eigenvalue weighted by Crippen LogP contribution is -2.04. The maximum absolute atomic E-state index is 11.6. The van der Waals surface area contributed by atoms with Crippen LogP contribution in [0, 0.1) is 6.92 Å². The average Bonchev–Trinajstić information content (AvgIpc) is 3.35. The number of rotatable bonds is 9. The van der Waals surface area contributed by atoms with Crippen molar-refractivity contribution >= 4 is 21.9 Å². The van der Waals surface area contributed by atoms with Gasteiger partial charge in [0.15, 0.2) is 0 Å². The molecule has 39 heavy (non-hydrogen) atoms. The van der Waals surface area contributed by atoms with Crippen LogP contribution in [0.2, 0.25) is 0 Å². The number of hydrogen-bond acceptors (Lipinski definition) is 2. The van der Waals surface area contributed by atoms with E-state index in [1.807, 2.05) is 37.3 Å². The highest BCUT2D eigenvalue weighted by Gasteiger charge is 2.18. The maximum atomic E-state index is 11.6. The summed E-state index contributed by atoms with van der Waals surface area (Å²) in [5.74, 6) is -0.153. The number of carboxylic acids is 1. The van der Waals surface area contributed by atoms with E-state index in [-0.39, 0.29) is 5.56 Å². The number of aryl methyl sites for hydroxylation is 2. The first-order chi connectivity index (χ1) is 18.9. The Kier molecular flexibility index (Phi) is 7.99. The number of aromatic carboxylic acids is 1. The lowest BCUT2D eigenvalue weighted by molar-refractivity contribution is 0.0697. The quantitative estimate of drug-likeness (QED) is 0.189. The van der Waals surface area contributed by atoms with Gasteiger partial charge in [0.25, 0.3) is 0 Å². The molecule has 0 unspecified atom stereocenters. The van der Waals surface area contributed by atoms with Gasteiger partial charge >= 0.3 is 5.97 Å². The zero-order valence-corrected chi connectivity index (χ0v) is 23.6. The van der Waals surface area contributed by atoms with Gasteiger partial charge in [-0.15, -0.1) is 0 Å². The van der Waals surface area contributed by atoms with Crippen molar-refractivity contribution in [2.24, 2.45) is 0 Å². The summed E-state index contributed by atoms with van der Waals surface area (Å²) in [6.07, 6.45) is 1.96. The molecule has 0 fully saturated rings. The SMILES string of the molecule is CCCc1cc(OCc2ccc(-c3ccccc3)cc2)c(-c2ccc(C)n2-c2cccc(C(=O)O)c2)cc1Br. The highest BCUT2D eigenvalue weighted by molar-refractivity contribution is 9.10. The number of ether oxygens (including phenoxy) is 1. The van der Waals surface area contributed by atoms with Crippen LogP contribution >= 0.6 is 15.9 Å².